The second-order valence-electron chi connectivity index (χ2n) is 7.03. The van der Waals surface area contributed by atoms with Gasteiger partial charge in [0.15, 0.2) is 5.92 Å². The molecular weight excluding hydrogens is 406 g/mol. The minimum Gasteiger partial charge on any atom is -0.468 e. The van der Waals surface area contributed by atoms with Crippen LogP contribution in [0.25, 0.3) is 0 Å². The summed E-state index contributed by atoms with van der Waals surface area (Å²) in [6.07, 6.45) is -0.342. The number of hydrogen-bond donors (Lipinski definition) is 3. The van der Waals surface area contributed by atoms with Gasteiger partial charge in [-0.25, -0.2) is 0 Å². The first kappa shape index (κ1) is 25.6. The van der Waals surface area contributed by atoms with Crippen molar-refractivity contribution in [3.05, 3.63) is 35.9 Å². The SMILES string of the molecule is COC(=O)C(C(=O)OC)[C@@H](C)[C@@H](NC(=O)CCC(=O)N[C@H](C)c1ccccc1)C(N)=O. The number of amides is 3. The van der Waals surface area contributed by atoms with E-state index in [2.05, 4.69) is 20.1 Å². The van der Waals surface area contributed by atoms with E-state index < -0.39 is 41.6 Å². The molecule has 1 rings (SSSR count). The number of nitrogens with two attached hydrogens (primary N) is 1. The highest BCUT2D eigenvalue weighted by molar-refractivity contribution is 5.97. The maximum atomic E-state index is 12.3. The molecule has 0 aromatic heterocycles. The lowest BCUT2D eigenvalue weighted by Gasteiger charge is -2.26. The zero-order chi connectivity index (χ0) is 23.6. The topological polar surface area (TPSA) is 154 Å². The molecule has 1 aromatic rings. The van der Waals surface area contributed by atoms with Crippen LogP contribution < -0.4 is 16.4 Å². The zero-order valence-electron chi connectivity index (χ0n) is 18.0. The molecule has 0 radical (unpaired) electrons. The van der Waals surface area contributed by atoms with Crippen LogP contribution in [0.1, 0.15) is 38.3 Å². The monoisotopic (exact) mass is 435 g/mol. The number of nitrogens with one attached hydrogen (secondary N) is 2. The molecule has 4 N–H and O–H groups in total. The summed E-state index contributed by atoms with van der Waals surface area (Å²) in [6.45, 7) is 3.21. The molecule has 0 aliphatic carbocycles. The second kappa shape index (κ2) is 12.3. The fourth-order valence-corrected chi connectivity index (χ4v) is 3.04. The van der Waals surface area contributed by atoms with E-state index in [-0.39, 0.29) is 24.8 Å². The van der Waals surface area contributed by atoms with Crippen molar-refractivity contribution in [2.24, 2.45) is 17.6 Å². The minimum absolute atomic E-state index is 0.125. The Labute approximate surface area is 180 Å². The largest absolute Gasteiger partial charge is 0.468 e. The molecule has 0 saturated heterocycles. The Hall–Kier alpha value is -3.43. The smallest absolute Gasteiger partial charge is 0.320 e. The van der Waals surface area contributed by atoms with E-state index in [1.807, 2.05) is 37.3 Å². The van der Waals surface area contributed by atoms with Crippen molar-refractivity contribution >= 4 is 29.7 Å². The molecule has 10 heteroatoms. The van der Waals surface area contributed by atoms with Crippen molar-refractivity contribution in [2.45, 2.75) is 38.8 Å². The van der Waals surface area contributed by atoms with Crippen LogP contribution in [-0.2, 0) is 33.4 Å². The van der Waals surface area contributed by atoms with E-state index in [9.17, 15) is 24.0 Å². The molecule has 1 aromatic carbocycles. The van der Waals surface area contributed by atoms with Gasteiger partial charge in [-0.15, -0.1) is 0 Å². The Kier molecular flexibility index (Phi) is 10.2. The van der Waals surface area contributed by atoms with Crippen LogP contribution in [0.15, 0.2) is 30.3 Å². The first-order chi connectivity index (χ1) is 14.6. The quantitative estimate of drug-likeness (QED) is 0.332. The standard InChI is InChI=1S/C21H29N3O7/c1-12(17(20(28)30-3)21(29)31-4)18(19(22)27)24-16(26)11-10-15(25)23-13(2)14-8-6-5-7-9-14/h5-9,12-13,17-18H,10-11H2,1-4H3,(H2,22,27)(H,23,25)(H,24,26)/t12-,13-,18-/m1/s1. The Morgan fingerprint density at radius 2 is 1.35 bits per heavy atom. The van der Waals surface area contributed by atoms with Crippen LogP contribution in [0.5, 0.6) is 0 Å². The van der Waals surface area contributed by atoms with Gasteiger partial charge in [0.2, 0.25) is 17.7 Å². The minimum atomic E-state index is -1.46. The summed E-state index contributed by atoms with van der Waals surface area (Å²) in [5, 5.41) is 5.17. The van der Waals surface area contributed by atoms with Gasteiger partial charge in [-0.3, -0.25) is 24.0 Å². The molecule has 0 saturated carbocycles. The van der Waals surface area contributed by atoms with Gasteiger partial charge >= 0.3 is 11.9 Å². The number of carbonyl (C=O) groups is 5. The summed E-state index contributed by atoms with van der Waals surface area (Å²) in [7, 11) is 2.16. The summed E-state index contributed by atoms with van der Waals surface area (Å²) in [4.78, 5) is 60.2. The highest BCUT2D eigenvalue weighted by atomic mass is 16.5. The zero-order valence-corrected chi connectivity index (χ0v) is 18.0. The molecule has 0 heterocycles. The van der Waals surface area contributed by atoms with Crippen LogP contribution in [0.2, 0.25) is 0 Å². The van der Waals surface area contributed by atoms with Gasteiger partial charge in [0.1, 0.15) is 6.04 Å². The number of ether oxygens (including phenoxy) is 2. The van der Waals surface area contributed by atoms with Gasteiger partial charge in [0.25, 0.3) is 0 Å². The normalized spacial score (nSPS) is 13.5. The maximum absolute atomic E-state index is 12.3. The number of carbonyl (C=O) groups excluding carboxylic acids is 5. The molecule has 0 spiro atoms. The molecule has 0 aliphatic rings. The van der Waals surface area contributed by atoms with Crippen molar-refractivity contribution in [3.63, 3.8) is 0 Å². The van der Waals surface area contributed by atoms with E-state index in [1.165, 1.54) is 6.92 Å². The predicted molar refractivity (Wildman–Crippen MR) is 110 cm³/mol. The van der Waals surface area contributed by atoms with E-state index >= 15 is 0 Å². The highest BCUT2D eigenvalue weighted by Crippen LogP contribution is 2.20. The number of benzene rings is 1. The summed E-state index contributed by atoms with van der Waals surface area (Å²) in [5.74, 6) is -6.26. The van der Waals surface area contributed by atoms with Crippen molar-refractivity contribution in [1.82, 2.24) is 10.6 Å². The van der Waals surface area contributed by atoms with E-state index in [0.29, 0.717) is 0 Å². The van der Waals surface area contributed by atoms with E-state index in [1.54, 1.807) is 0 Å². The van der Waals surface area contributed by atoms with Crippen molar-refractivity contribution < 1.29 is 33.4 Å². The fourth-order valence-electron chi connectivity index (χ4n) is 3.04. The maximum Gasteiger partial charge on any atom is 0.320 e. The lowest BCUT2D eigenvalue weighted by atomic mass is 9.86. The molecular formula is C21H29N3O7. The average molecular weight is 435 g/mol. The molecule has 31 heavy (non-hydrogen) atoms. The summed E-state index contributed by atoms with van der Waals surface area (Å²) < 4.78 is 9.17. The summed E-state index contributed by atoms with van der Waals surface area (Å²) >= 11 is 0. The number of rotatable bonds is 11. The first-order valence-corrected chi connectivity index (χ1v) is 9.71. The lowest BCUT2D eigenvalue weighted by Crippen LogP contribution is -2.53. The van der Waals surface area contributed by atoms with Crippen LogP contribution >= 0.6 is 0 Å². The fraction of sp³-hybridized carbons (Fsp3) is 0.476. The molecule has 0 unspecified atom stereocenters. The number of hydrogen-bond acceptors (Lipinski definition) is 7. The van der Waals surface area contributed by atoms with Crippen LogP contribution in [0.3, 0.4) is 0 Å². The molecule has 0 aliphatic heterocycles. The molecule has 170 valence electrons. The van der Waals surface area contributed by atoms with Crippen LogP contribution in [0, 0.1) is 11.8 Å². The Morgan fingerprint density at radius 1 is 0.871 bits per heavy atom. The van der Waals surface area contributed by atoms with Crippen molar-refractivity contribution in [2.75, 3.05) is 14.2 Å². The molecule has 10 nitrogen and oxygen atoms in total. The third-order valence-electron chi connectivity index (χ3n) is 4.84. The summed E-state index contributed by atoms with van der Waals surface area (Å²) in [5.41, 5.74) is 6.27. The Bertz CT molecular complexity index is 781. The average Bonchev–Trinajstić information content (AvgIpc) is 2.75. The lowest BCUT2D eigenvalue weighted by molar-refractivity contribution is -0.162. The number of esters is 2. The number of methoxy groups -OCH3 is 2. The Morgan fingerprint density at radius 3 is 1.81 bits per heavy atom. The third-order valence-corrected chi connectivity index (χ3v) is 4.84. The van der Waals surface area contributed by atoms with Gasteiger partial charge < -0.3 is 25.8 Å². The van der Waals surface area contributed by atoms with Crippen molar-refractivity contribution in [1.29, 1.82) is 0 Å². The van der Waals surface area contributed by atoms with E-state index in [0.717, 1.165) is 19.8 Å². The number of primary amides is 1. The molecule has 3 amide bonds. The highest BCUT2D eigenvalue weighted by Gasteiger charge is 2.41. The molecule has 0 bridgehead atoms. The second-order valence-corrected chi connectivity index (χ2v) is 7.03. The molecule has 3 atom stereocenters. The van der Waals surface area contributed by atoms with Gasteiger partial charge in [0, 0.05) is 18.8 Å². The van der Waals surface area contributed by atoms with Crippen molar-refractivity contribution in [3.8, 4) is 0 Å². The van der Waals surface area contributed by atoms with Gasteiger partial charge in [-0.05, 0) is 12.5 Å². The van der Waals surface area contributed by atoms with Crippen LogP contribution in [-0.4, -0.2) is 49.9 Å². The van der Waals surface area contributed by atoms with Crippen LogP contribution in [0.4, 0.5) is 0 Å². The third kappa shape index (κ3) is 7.72. The van der Waals surface area contributed by atoms with Gasteiger partial charge in [0.05, 0.1) is 20.3 Å². The summed E-state index contributed by atoms with van der Waals surface area (Å²) in [6, 6.07) is 7.73. The van der Waals surface area contributed by atoms with Gasteiger partial charge in [-0.2, -0.15) is 0 Å². The predicted octanol–water partition coefficient (Wildman–Crippen LogP) is 0.212. The van der Waals surface area contributed by atoms with Gasteiger partial charge in [-0.1, -0.05) is 37.3 Å². The first-order valence-electron chi connectivity index (χ1n) is 9.71. The molecule has 0 fully saturated rings. The Balaban J connectivity index is 2.70. The van der Waals surface area contributed by atoms with E-state index in [4.69, 9.17) is 5.73 Å².